The van der Waals surface area contributed by atoms with Crippen molar-refractivity contribution in [1.29, 1.82) is 0 Å². The molecule has 0 aliphatic carbocycles. The van der Waals surface area contributed by atoms with Crippen LogP contribution in [0.5, 0.6) is 0 Å². The van der Waals surface area contributed by atoms with Gasteiger partial charge >= 0.3 is 0 Å². The number of hydrogen-bond donors (Lipinski definition) is 1. The molecule has 2 heterocycles. The molecule has 0 bridgehead atoms. The van der Waals surface area contributed by atoms with E-state index in [1.54, 1.807) is 10.8 Å². The zero-order valence-electron chi connectivity index (χ0n) is 17.8. The average molecular weight is 446 g/mol. The van der Waals surface area contributed by atoms with Gasteiger partial charge in [-0.05, 0) is 36.8 Å². The number of hydrogen-bond acceptors (Lipinski definition) is 3. The lowest BCUT2D eigenvalue weighted by Crippen LogP contribution is -2.23. The van der Waals surface area contributed by atoms with Crippen LogP contribution in [0.1, 0.15) is 22.5 Å². The minimum absolute atomic E-state index is 0.182. The van der Waals surface area contributed by atoms with Crippen molar-refractivity contribution < 1.29 is 4.79 Å². The van der Waals surface area contributed by atoms with Crippen LogP contribution in [0.3, 0.4) is 0 Å². The summed E-state index contributed by atoms with van der Waals surface area (Å²) in [6.45, 7) is 2.96. The number of carbonyl (C=O) groups excluding carboxylic acids is 1. The topological polar surface area (TPSA) is 64.7 Å². The Morgan fingerprint density at radius 2 is 1.75 bits per heavy atom. The average Bonchev–Trinajstić information content (AvgIpc) is 3.38. The van der Waals surface area contributed by atoms with Gasteiger partial charge in [0.25, 0.3) is 0 Å². The van der Waals surface area contributed by atoms with Crippen molar-refractivity contribution in [3.63, 3.8) is 0 Å². The van der Waals surface area contributed by atoms with Crippen molar-refractivity contribution >= 4 is 23.6 Å². The van der Waals surface area contributed by atoms with Crippen molar-refractivity contribution in [3.05, 3.63) is 107 Å². The first kappa shape index (κ1) is 21.6. The molecule has 4 rings (SSSR count). The summed E-state index contributed by atoms with van der Waals surface area (Å²) in [5.74, 6) is -0.182. The van der Waals surface area contributed by atoms with Crippen LogP contribution in [0, 0.1) is 6.92 Å². The van der Waals surface area contributed by atoms with E-state index in [1.165, 1.54) is 6.08 Å². The van der Waals surface area contributed by atoms with Crippen molar-refractivity contribution in [3.8, 4) is 5.69 Å². The first-order valence-electron chi connectivity index (χ1n) is 10.4. The maximum absolute atomic E-state index is 12.3. The number of para-hydroxylation sites is 1. The molecule has 6 nitrogen and oxygen atoms in total. The molecule has 0 radical (unpaired) electrons. The molecule has 0 unspecified atom stereocenters. The summed E-state index contributed by atoms with van der Waals surface area (Å²) in [6.07, 6.45) is 5.77. The molecule has 4 aromatic rings. The van der Waals surface area contributed by atoms with Gasteiger partial charge in [-0.25, -0.2) is 9.36 Å². The highest BCUT2D eigenvalue weighted by molar-refractivity contribution is 6.31. The van der Waals surface area contributed by atoms with Crippen molar-refractivity contribution in [2.75, 3.05) is 6.54 Å². The lowest BCUT2D eigenvalue weighted by atomic mass is 10.2. The van der Waals surface area contributed by atoms with Crippen molar-refractivity contribution in [1.82, 2.24) is 24.9 Å². The van der Waals surface area contributed by atoms with Crippen LogP contribution in [0.2, 0.25) is 5.15 Å². The van der Waals surface area contributed by atoms with E-state index in [4.69, 9.17) is 11.6 Å². The van der Waals surface area contributed by atoms with E-state index in [2.05, 4.69) is 15.5 Å². The molecule has 0 saturated heterocycles. The van der Waals surface area contributed by atoms with Crippen molar-refractivity contribution in [2.45, 2.75) is 19.9 Å². The predicted octanol–water partition coefficient (Wildman–Crippen LogP) is 4.45. The smallest absolute Gasteiger partial charge is 0.244 e. The van der Waals surface area contributed by atoms with Crippen molar-refractivity contribution in [2.24, 2.45) is 0 Å². The Morgan fingerprint density at radius 3 is 2.50 bits per heavy atom. The standard InChI is InChI=1S/C25H24ClN5O/c1-19-23(25(26)31(28-19)18-20-8-4-2-5-9-20)12-13-24(32)27-16-14-21-15-17-30(29-21)22-10-6-3-7-11-22/h2-13,15,17H,14,16,18H2,1H3,(H,27,32)/b13-12+. The van der Waals surface area contributed by atoms with Crippen LogP contribution in [0.25, 0.3) is 11.8 Å². The summed E-state index contributed by atoms with van der Waals surface area (Å²) < 4.78 is 3.57. The van der Waals surface area contributed by atoms with Gasteiger partial charge in [-0.2, -0.15) is 10.2 Å². The minimum atomic E-state index is -0.182. The van der Waals surface area contributed by atoms with Crippen LogP contribution in [0.15, 0.2) is 79.0 Å². The predicted molar refractivity (Wildman–Crippen MR) is 127 cm³/mol. The fourth-order valence-electron chi connectivity index (χ4n) is 3.37. The number of aromatic nitrogens is 4. The van der Waals surface area contributed by atoms with Crippen LogP contribution < -0.4 is 5.32 Å². The summed E-state index contributed by atoms with van der Waals surface area (Å²) in [5.41, 5.74) is 4.56. The molecule has 7 heteroatoms. The molecule has 0 atom stereocenters. The molecule has 0 saturated carbocycles. The molecule has 1 amide bonds. The number of halogens is 1. The Hall–Kier alpha value is -3.64. The van der Waals surface area contributed by atoms with Crippen LogP contribution in [-0.2, 0) is 17.8 Å². The number of nitrogens with one attached hydrogen (secondary N) is 1. The Labute approximate surface area is 192 Å². The number of aryl methyl sites for hydroxylation is 1. The lowest BCUT2D eigenvalue weighted by Gasteiger charge is -2.03. The third-order valence-corrected chi connectivity index (χ3v) is 5.43. The van der Waals surface area contributed by atoms with Gasteiger partial charge in [0.05, 0.1) is 23.6 Å². The van der Waals surface area contributed by atoms with Gasteiger partial charge in [-0.15, -0.1) is 0 Å². The molecule has 0 aliphatic rings. The first-order valence-corrected chi connectivity index (χ1v) is 10.8. The summed E-state index contributed by atoms with van der Waals surface area (Å²) in [5, 5.41) is 12.5. The van der Waals surface area contributed by atoms with Crippen LogP contribution in [0.4, 0.5) is 0 Å². The number of amides is 1. The maximum Gasteiger partial charge on any atom is 0.244 e. The zero-order chi connectivity index (χ0) is 22.3. The molecular weight excluding hydrogens is 422 g/mol. The highest BCUT2D eigenvalue weighted by Crippen LogP contribution is 2.22. The fraction of sp³-hybridized carbons (Fsp3) is 0.160. The second kappa shape index (κ2) is 10.1. The third-order valence-electron chi connectivity index (χ3n) is 5.03. The maximum atomic E-state index is 12.3. The molecule has 2 aromatic carbocycles. The van der Waals surface area contributed by atoms with Gasteiger partial charge in [0, 0.05) is 30.8 Å². The first-order chi connectivity index (χ1) is 15.6. The van der Waals surface area contributed by atoms with Gasteiger partial charge in [-0.1, -0.05) is 60.1 Å². The normalized spacial score (nSPS) is 11.2. The number of rotatable bonds is 8. The van der Waals surface area contributed by atoms with E-state index in [0.29, 0.717) is 24.7 Å². The summed E-state index contributed by atoms with van der Waals surface area (Å²) in [4.78, 5) is 12.3. The van der Waals surface area contributed by atoms with E-state index in [0.717, 1.165) is 28.2 Å². The SMILES string of the molecule is Cc1nn(Cc2ccccc2)c(Cl)c1/C=C/C(=O)NCCc1ccn(-c2ccccc2)n1. The number of benzene rings is 2. The fourth-order valence-corrected chi connectivity index (χ4v) is 3.67. The van der Waals surface area contributed by atoms with E-state index in [9.17, 15) is 4.79 Å². The molecule has 32 heavy (non-hydrogen) atoms. The molecule has 0 aliphatic heterocycles. The van der Waals surface area contributed by atoms with Gasteiger partial charge < -0.3 is 5.32 Å². The summed E-state index contributed by atoms with van der Waals surface area (Å²) in [6, 6.07) is 21.9. The van der Waals surface area contributed by atoms with E-state index < -0.39 is 0 Å². The monoisotopic (exact) mass is 445 g/mol. The van der Waals surface area contributed by atoms with Crippen LogP contribution >= 0.6 is 11.6 Å². The highest BCUT2D eigenvalue weighted by Gasteiger charge is 2.12. The van der Waals surface area contributed by atoms with Gasteiger partial charge in [-0.3, -0.25) is 4.79 Å². The van der Waals surface area contributed by atoms with Gasteiger partial charge in [0.15, 0.2) is 0 Å². The highest BCUT2D eigenvalue weighted by atomic mass is 35.5. The molecule has 0 fully saturated rings. The molecule has 1 N–H and O–H groups in total. The molecular formula is C25H24ClN5O. The lowest BCUT2D eigenvalue weighted by molar-refractivity contribution is -0.116. The second-order valence-corrected chi connectivity index (χ2v) is 7.75. The van der Waals surface area contributed by atoms with E-state index in [1.807, 2.05) is 84.5 Å². The Morgan fingerprint density at radius 1 is 1.03 bits per heavy atom. The number of carbonyl (C=O) groups is 1. The second-order valence-electron chi connectivity index (χ2n) is 7.39. The minimum Gasteiger partial charge on any atom is -0.352 e. The van der Waals surface area contributed by atoms with Gasteiger partial charge in [0.1, 0.15) is 5.15 Å². The molecule has 0 spiro atoms. The number of nitrogens with zero attached hydrogens (tertiary/aromatic N) is 4. The largest absolute Gasteiger partial charge is 0.352 e. The van der Waals surface area contributed by atoms with Crippen LogP contribution in [-0.4, -0.2) is 32.0 Å². The van der Waals surface area contributed by atoms with E-state index in [-0.39, 0.29) is 5.91 Å². The third kappa shape index (κ3) is 5.34. The Balaban J connectivity index is 1.31. The van der Waals surface area contributed by atoms with E-state index >= 15 is 0 Å². The molecule has 162 valence electrons. The molecule has 2 aromatic heterocycles. The Bertz CT molecular complexity index is 1210. The Kier molecular flexibility index (Phi) is 6.82. The zero-order valence-corrected chi connectivity index (χ0v) is 18.5. The summed E-state index contributed by atoms with van der Waals surface area (Å²) in [7, 11) is 0. The quantitative estimate of drug-likeness (QED) is 0.407. The summed E-state index contributed by atoms with van der Waals surface area (Å²) >= 11 is 6.51. The van der Waals surface area contributed by atoms with Gasteiger partial charge in [0.2, 0.25) is 5.91 Å².